The maximum atomic E-state index is 6.17. The molecule has 0 bridgehead atoms. The second kappa shape index (κ2) is 6.60. The van der Waals surface area contributed by atoms with Gasteiger partial charge in [-0.1, -0.05) is 17.7 Å². The zero-order chi connectivity index (χ0) is 14.8. The molecule has 3 N–H and O–H groups in total. The van der Waals surface area contributed by atoms with E-state index in [4.69, 9.17) is 17.4 Å². The Hall–Kier alpha value is -0.690. The molecule has 0 saturated carbocycles. The number of pyridine rings is 1. The van der Waals surface area contributed by atoms with Crippen molar-refractivity contribution in [3.05, 3.63) is 61.9 Å². The third-order valence-corrected chi connectivity index (χ3v) is 5.33. The third kappa shape index (κ3) is 3.08. The molecule has 2 unspecified atom stereocenters. The van der Waals surface area contributed by atoms with Gasteiger partial charge in [0.15, 0.2) is 0 Å². The molecule has 3 nitrogen and oxygen atoms in total. The molecule has 3 rings (SSSR count). The van der Waals surface area contributed by atoms with Crippen LogP contribution in [0, 0.1) is 3.57 Å². The van der Waals surface area contributed by atoms with Crippen molar-refractivity contribution in [3.63, 3.8) is 0 Å². The van der Waals surface area contributed by atoms with Gasteiger partial charge in [0, 0.05) is 26.4 Å². The van der Waals surface area contributed by atoms with Crippen LogP contribution in [0.3, 0.4) is 0 Å². The monoisotopic (exact) mass is 413 g/mol. The SMILES string of the molecule is NNC(c1cc(Cl)ccc1I)C1CCCc2cccnc21. The fourth-order valence-electron chi connectivity index (χ4n) is 3.15. The van der Waals surface area contributed by atoms with Crippen LogP contribution in [0.15, 0.2) is 36.5 Å². The maximum Gasteiger partial charge on any atom is 0.0554 e. The highest BCUT2D eigenvalue weighted by Gasteiger charge is 2.30. The molecule has 21 heavy (non-hydrogen) atoms. The number of nitrogens with one attached hydrogen (secondary N) is 1. The van der Waals surface area contributed by atoms with E-state index >= 15 is 0 Å². The van der Waals surface area contributed by atoms with E-state index in [2.05, 4.69) is 39.1 Å². The molecule has 0 amide bonds. The number of hydrazine groups is 1. The van der Waals surface area contributed by atoms with Gasteiger partial charge in [0.2, 0.25) is 0 Å². The van der Waals surface area contributed by atoms with Crippen molar-refractivity contribution in [2.45, 2.75) is 31.2 Å². The molecular weight excluding hydrogens is 397 g/mol. The highest BCUT2D eigenvalue weighted by Crippen LogP contribution is 2.40. The van der Waals surface area contributed by atoms with Gasteiger partial charge in [-0.3, -0.25) is 16.3 Å². The van der Waals surface area contributed by atoms with Crippen LogP contribution in [0.5, 0.6) is 0 Å². The van der Waals surface area contributed by atoms with Gasteiger partial charge in [0.1, 0.15) is 0 Å². The van der Waals surface area contributed by atoms with Crippen LogP contribution in [0.1, 0.15) is 41.6 Å². The van der Waals surface area contributed by atoms with Crippen molar-refractivity contribution in [2.24, 2.45) is 5.84 Å². The number of hydrogen-bond acceptors (Lipinski definition) is 3. The summed E-state index contributed by atoms with van der Waals surface area (Å²) in [6.07, 6.45) is 5.22. The number of aryl methyl sites for hydroxylation is 1. The average Bonchev–Trinajstić information content (AvgIpc) is 2.51. The summed E-state index contributed by atoms with van der Waals surface area (Å²) in [5.74, 6) is 6.17. The molecule has 5 heteroatoms. The summed E-state index contributed by atoms with van der Waals surface area (Å²) in [6.45, 7) is 0. The molecule has 1 aliphatic rings. The lowest BCUT2D eigenvalue weighted by molar-refractivity contribution is 0.399. The Morgan fingerprint density at radius 2 is 2.24 bits per heavy atom. The Morgan fingerprint density at radius 1 is 1.38 bits per heavy atom. The molecule has 1 heterocycles. The van der Waals surface area contributed by atoms with Crippen LogP contribution in [-0.2, 0) is 6.42 Å². The lowest BCUT2D eigenvalue weighted by Gasteiger charge is -2.31. The minimum Gasteiger partial charge on any atom is -0.271 e. The van der Waals surface area contributed by atoms with Crippen LogP contribution in [0.25, 0.3) is 0 Å². The van der Waals surface area contributed by atoms with Crippen molar-refractivity contribution in [3.8, 4) is 0 Å². The summed E-state index contributed by atoms with van der Waals surface area (Å²) in [5, 5.41) is 0.739. The van der Waals surface area contributed by atoms with Crippen molar-refractivity contribution < 1.29 is 0 Å². The Kier molecular flexibility index (Phi) is 4.78. The normalized spacial score (nSPS) is 19.1. The lowest BCUT2D eigenvalue weighted by Crippen LogP contribution is -2.35. The molecular formula is C16H17ClIN3. The standard InChI is InChI=1S/C16H17ClIN3/c17-11-6-7-14(18)13(9-11)16(21-19)12-5-1-3-10-4-2-8-20-15(10)12/h2,4,6-9,12,16,21H,1,3,5,19H2. The van der Waals surface area contributed by atoms with Gasteiger partial charge < -0.3 is 0 Å². The highest BCUT2D eigenvalue weighted by atomic mass is 127. The molecule has 2 atom stereocenters. The minimum absolute atomic E-state index is 0.0320. The van der Waals surface area contributed by atoms with Crippen LogP contribution < -0.4 is 11.3 Å². The van der Waals surface area contributed by atoms with E-state index in [9.17, 15) is 0 Å². The lowest BCUT2D eigenvalue weighted by atomic mass is 9.80. The number of benzene rings is 1. The Labute approximate surface area is 143 Å². The van der Waals surface area contributed by atoms with E-state index in [0.29, 0.717) is 0 Å². The van der Waals surface area contributed by atoms with E-state index in [1.54, 1.807) is 0 Å². The second-order valence-electron chi connectivity index (χ2n) is 5.36. The van der Waals surface area contributed by atoms with Gasteiger partial charge in [0.25, 0.3) is 0 Å². The number of rotatable bonds is 3. The summed E-state index contributed by atoms with van der Waals surface area (Å²) in [5.41, 5.74) is 6.65. The molecule has 1 aromatic heterocycles. The van der Waals surface area contributed by atoms with Crippen molar-refractivity contribution in [1.82, 2.24) is 10.4 Å². The van der Waals surface area contributed by atoms with Gasteiger partial charge in [-0.05, 0) is 77.2 Å². The molecule has 2 aromatic rings. The first-order chi connectivity index (χ1) is 10.2. The summed E-state index contributed by atoms with van der Waals surface area (Å²) >= 11 is 8.51. The fraction of sp³-hybridized carbons (Fsp3) is 0.312. The molecule has 1 aromatic carbocycles. The topological polar surface area (TPSA) is 50.9 Å². The predicted octanol–water partition coefficient (Wildman–Crippen LogP) is 3.96. The molecule has 110 valence electrons. The highest BCUT2D eigenvalue weighted by molar-refractivity contribution is 14.1. The van der Waals surface area contributed by atoms with Gasteiger partial charge in [-0.2, -0.15) is 0 Å². The van der Waals surface area contributed by atoms with Gasteiger partial charge in [0.05, 0.1) is 6.04 Å². The molecule has 0 saturated heterocycles. The molecule has 0 fully saturated rings. The van der Waals surface area contributed by atoms with E-state index in [0.717, 1.165) is 23.4 Å². The zero-order valence-electron chi connectivity index (χ0n) is 11.5. The summed E-state index contributed by atoms with van der Waals surface area (Å²) in [6, 6.07) is 10.2. The van der Waals surface area contributed by atoms with Crippen molar-refractivity contribution in [1.29, 1.82) is 0 Å². The minimum atomic E-state index is 0.0320. The number of nitrogens with two attached hydrogens (primary N) is 1. The Bertz CT molecular complexity index is 647. The number of hydrogen-bond donors (Lipinski definition) is 2. The average molecular weight is 414 g/mol. The summed E-state index contributed by atoms with van der Waals surface area (Å²) in [7, 11) is 0. The first-order valence-electron chi connectivity index (χ1n) is 7.05. The van der Waals surface area contributed by atoms with Crippen molar-refractivity contribution in [2.75, 3.05) is 0 Å². The second-order valence-corrected chi connectivity index (χ2v) is 6.96. The first-order valence-corrected chi connectivity index (χ1v) is 8.51. The first kappa shape index (κ1) is 15.2. The van der Waals surface area contributed by atoms with Gasteiger partial charge in [-0.15, -0.1) is 0 Å². The molecule has 0 radical (unpaired) electrons. The number of fused-ring (bicyclic) bond motifs is 1. The zero-order valence-corrected chi connectivity index (χ0v) is 14.4. The summed E-state index contributed by atoms with van der Waals surface area (Å²) < 4.78 is 1.17. The number of aromatic nitrogens is 1. The van der Waals surface area contributed by atoms with E-state index < -0.39 is 0 Å². The predicted molar refractivity (Wildman–Crippen MR) is 94.1 cm³/mol. The van der Waals surface area contributed by atoms with Crippen LogP contribution in [-0.4, -0.2) is 4.98 Å². The molecule has 1 aliphatic carbocycles. The van der Waals surface area contributed by atoms with Crippen LogP contribution in [0.4, 0.5) is 0 Å². The Morgan fingerprint density at radius 3 is 3.05 bits per heavy atom. The van der Waals surface area contributed by atoms with Crippen molar-refractivity contribution >= 4 is 34.2 Å². The maximum absolute atomic E-state index is 6.17. The van der Waals surface area contributed by atoms with Crippen LogP contribution >= 0.6 is 34.2 Å². The number of nitrogens with zero attached hydrogens (tertiary/aromatic N) is 1. The van der Waals surface area contributed by atoms with Gasteiger partial charge in [-0.25, -0.2) is 0 Å². The van der Waals surface area contributed by atoms with E-state index in [1.807, 2.05) is 30.5 Å². The van der Waals surface area contributed by atoms with Crippen LogP contribution in [0.2, 0.25) is 5.02 Å². The largest absolute Gasteiger partial charge is 0.271 e. The quantitative estimate of drug-likeness (QED) is 0.455. The third-order valence-electron chi connectivity index (χ3n) is 4.11. The molecule has 0 aliphatic heterocycles. The molecule has 0 spiro atoms. The van der Waals surface area contributed by atoms with E-state index in [-0.39, 0.29) is 12.0 Å². The Balaban J connectivity index is 2.03. The van der Waals surface area contributed by atoms with E-state index in [1.165, 1.54) is 21.2 Å². The smallest absolute Gasteiger partial charge is 0.0554 e. The summed E-state index contributed by atoms with van der Waals surface area (Å²) in [4.78, 5) is 4.62. The van der Waals surface area contributed by atoms with Gasteiger partial charge >= 0.3 is 0 Å². The fourth-order valence-corrected chi connectivity index (χ4v) is 4.00. The number of halogens is 2.